The van der Waals surface area contributed by atoms with Gasteiger partial charge >= 0.3 is 0 Å². The predicted octanol–water partition coefficient (Wildman–Crippen LogP) is 3.72. The lowest BCUT2D eigenvalue weighted by Gasteiger charge is -2.20. The fraction of sp³-hybridized carbons (Fsp3) is 1.00. The Labute approximate surface area is 90.3 Å². The first-order valence-corrected chi connectivity index (χ1v) is 5.57. The van der Waals surface area contributed by atoms with E-state index in [1.165, 1.54) is 51.7 Å². The van der Waals surface area contributed by atoms with Crippen LogP contribution in [0.1, 0.15) is 52.9 Å². The molecule has 0 unspecified atom stereocenters. The van der Waals surface area contributed by atoms with Gasteiger partial charge in [-0.25, -0.2) is 0 Å². The van der Waals surface area contributed by atoms with Crippen LogP contribution < -0.4 is 0 Å². The monoisotopic (exact) mass is 207 g/mol. The van der Waals surface area contributed by atoms with E-state index in [1.54, 1.807) is 0 Å². The Balaban J connectivity index is 0. The van der Waals surface area contributed by atoms with Crippen LogP contribution in [-0.4, -0.2) is 24.5 Å². The fourth-order valence-corrected chi connectivity index (χ4v) is 1.55. The first-order chi connectivity index (χ1) is 5.85. The minimum Gasteiger partial charge on any atom is -0.303 e. The van der Waals surface area contributed by atoms with Gasteiger partial charge in [0.05, 0.1) is 0 Å². The normalized spacial score (nSPS) is 10.2. The average Bonchev–Trinajstić information content (AvgIpc) is 2.06. The molecule has 0 radical (unpaired) electrons. The van der Waals surface area contributed by atoms with E-state index in [0.29, 0.717) is 0 Å². The van der Waals surface area contributed by atoms with Gasteiger partial charge in [0.25, 0.3) is 0 Å². The van der Waals surface area contributed by atoms with Gasteiger partial charge in [-0.2, -0.15) is 0 Å². The molecule has 0 aliphatic rings. The lowest BCUT2D eigenvalue weighted by atomic mass is 10.2. The van der Waals surface area contributed by atoms with E-state index in [1.807, 2.05) is 0 Å². The van der Waals surface area contributed by atoms with Crippen LogP contribution in [-0.2, 0) is 0 Å². The molecule has 0 atom stereocenters. The molecule has 0 aliphatic heterocycles. The molecule has 0 N–H and O–H groups in total. The molecule has 0 aliphatic carbocycles. The third kappa shape index (κ3) is 10.2. The van der Waals surface area contributed by atoms with Crippen molar-refractivity contribution in [3.63, 3.8) is 0 Å². The second-order valence-electron chi connectivity index (χ2n) is 3.55. The number of hydrogen-bond donors (Lipinski definition) is 0. The van der Waals surface area contributed by atoms with Crippen molar-refractivity contribution in [1.29, 1.82) is 0 Å². The summed E-state index contributed by atoms with van der Waals surface area (Å²) < 4.78 is 0. The van der Waals surface area contributed by atoms with Crippen LogP contribution in [0, 0.1) is 0 Å². The summed E-state index contributed by atoms with van der Waals surface area (Å²) >= 11 is 0. The molecule has 0 fully saturated rings. The van der Waals surface area contributed by atoms with Crippen molar-refractivity contribution < 1.29 is 0 Å². The Hall–Kier alpha value is 0.250. The molecule has 0 saturated carbocycles. The Morgan fingerprint density at radius 1 is 0.692 bits per heavy atom. The van der Waals surface area contributed by atoms with Crippen LogP contribution >= 0.6 is 12.4 Å². The third-order valence-electron chi connectivity index (χ3n) is 2.16. The van der Waals surface area contributed by atoms with Crippen molar-refractivity contribution in [2.24, 2.45) is 0 Å². The standard InChI is InChI=1S/C11H25N.ClH/c1-4-7-8-11-12(9-5-2)10-6-3;/h4-11H2,1-3H3;1H. The summed E-state index contributed by atoms with van der Waals surface area (Å²) in [6.45, 7) is 10.7. The van der Waals surface area contributed by atoms with Gasteiger partial charge in [-0.15, -0.1) is 12.4 Å². The maximum absolute atomic E-state index is 2.59. The minimum absolute atomic E-state index is 0. The first-order valence-electron chi connectivity index (χ1n) is 5.57. The van der Waals surface area contributed by atoms with E-state index in [-0.39, 0.29) is 12.4 Å². The summed E-state index contributed by atoms with van der Waals surface area (Å²) in [5, 5.41) is 0. The van der Waals surface area contributed by atoms with Crippen LogP contribution in [0.2, 0.25) is 0 Å². The van der Waals surface area contributed by atoms with Crippen molar-refractivity contribution >= 4 is 12.4 Å². The van der Waals surface area contributed by atoms with E-state index < -0.39 is 0 Å². The second kappa shape index (κ2) is 12.2. The molecule has 0 saturated heterocycles. The largest absolute Gasteiger partial charge is 0.303 e. The zero-order valence-electron chi connectivity index (χ0n) is 9.51. The maximum Gasteiger partial charge on any atom is -0.00187 e. The van der Waals surface area contributed by atoms with Gasteiger partial charge in [0.15, 0.2) is 0 Å². The van der Waals surface area contributed by atoms with Gasteiger partial charge < -0.3 is 4.90 Å². The highest BCUT2D eigenvalue weighted by molar-refractivity contribution is 5.85. The molecule has 1 nitrogen and oxygen atoms in total. The van der Waals surface area contributed by atoms with Crippen LogP contribution in [0.4, 0.5) is 0 Å². The summed E-state index contributed by atoms with van der Waals surface area (Å²) in [7, 11) is 0. The summed E-state index contributed by atoms with van der Waals surface area (Å²) in [5.74, 6) is 0. The van der Waals surface area contributed by atoms with Gasteiger partial charge in [-0.05, 0) is 38.9 Å². The average molecular weight is 208 g/mol. The van der Waals surface area contributed by atoms with E-state index in [2.05, 4.69) is 25.7 Å². The Morgan fingerprint density at radius 3 is 1.62 bits per heavy atom. The smallest absolute Gasteiger partial charge is 0.00187 e. The highest BCUT2D eigenvalue weighted by Gasteiger charge is 2.00. The molecule has 0 aromatic heterocycles. The summed E-state index contributed by atoms with van der Waals surface area (Å²) in [6.07, 6.45) is 6.71. The van der Waals surface area contributed by atoms with Gasteiger partial charge in [0.2, 0.25) is 0 Å². The fourth-order valence-electron chi connectivity index (χ4n) is 1.55. The van der Waals surface area contributed by atoms with Crippen molar-refractivity contribution in [3.8, 4) is 0 Å². The Bertz CT molecular complexity index is 80.2. The topological polar surface area (TPSA) is 3.24 Å². The zero-order chi connectivity index (χ0) is 9.23. The number of halogens is 1. The van der Waals surface area contributed by atoms with Gasteiger partial charge in [0, 0.05) is 0 Å². The lowest BCUT2D eigenvalue weighted by Crippen LogP contribution is -2.26. The van der Waals surface area contributed by atoms with Crippen molar-refractivity contribution in [3.05, 3.63) is 0 Å². The van der Waals surface area contributed by atoms with Crippen molar-refractivity contribution in [2.75, 3.05) is 19.6 Å². The van der Waals surface area contributed by atoms with Gasteiger partial charge in [-0.1, -0.05) is 33.6 Å². The number of rotatable bonds is 8. The van der Waals surface area contributed by atoms with E-state index >= 15 is 0 Å². The number of hydrogen-bond acceptors (Lipinski definition) is 1. The molecular weight excluding hydrogens is 182 g/mol. The summed E-state index contributed by atoms with van der Waals surface area (Å²) in [5.41, 5.74) is 0. The molecular formula is C11H26ClN. The molecule has 13 heavy (non-hydrogen) atoms. The number of nitrogens with zero attached hydrogens (tertiary/aromatic N) is 1. The van der Waals surface area contributed by atoms with E-state index in [0.717, 1.165) is 0 Å². The molecule has 2 heteroatoms. The lowest BCUT2D eigenvalue weighted by molar-refractivity contribution is 0.269. The van der Waals surface area contributed by atoms with Crippen LogP contribution in [0.15, 0.2) is 0 Å². The van der Waals surface area contributed by atoms with Crippen LogP contribution in [0.3, 0.4) is 0 Å². The molecule has 0 heterocycles. The predicted molar refractivity (Wildman–Crippen MR) is 63.8 cm³/mol. The highest BCUT2D eigenvalue weighted by Crippen LogP contribution is 2.00. The second-order valence-corrected chi connectivity index (χ2v) is 3.55. The molecule has 0 amide bonds. The molecule has 0 spiro atoms. The van der Waals surface area contributed by atoms with Crippen molar-refractivity contribution in [2.45, 2.75) is 52.9 Å². The quantitative estimate of drug-likeness (QED) is 0.549. The molecule has 82 valence electrons. The van der Waals surface area contributed by atoms with Crippen molar-refractivity contribution in [1.82, 2.24) is 4.90 Å². The first kappa shape index (κ1) is 15.7. The molecule has 0 bridgehead atoms. The van der Waals surface area contributed by atoms with Gasteiger partial charge in [0.1, 0.15) is 0 Å². The Kier molecular flexibility index (Phi) is 14.8. The van der Waals surface area contributed by atoms with Crippen LogP contribution in [0.5, 0.6) is 0 Å². The molecule has 0 aromatic carbocycles. The summed E-state index contributed by atoms with van der Waals surface area (Å²) in [6, 6.07) is 0. The zero-order valence-corrected chi connectivity index (χ0v) is 10.3. The highest BCUT2D eigenvalue weighted by atomic mass is 35.5. The summed E-state index contributed by atoms with van der Waals surface area (Å²) in [4.78, 5) is 2.59. The van der Waals surface area contributed by atoms with E-state index in [4.69, 9.17) is 0 Å². The third-order valence-corrected chi connectivity index (χ3v) is 2.16. The molecule has 0 rings (SSSR count). The number of unbranched alkanes of at least 4 members (excludes halogenated alkanes) is 2. The Morgan fingerprint density at radius 2 is 1.23 bits per heavy atom. The van der Waals surface area contributed by atoms with Crippen LogP contribution in [0.25, 0.3) is 0 Å². The van der Waals surface area contributed by atoms with E-state index in [9.17, 15) is 0 Å². The minimum atomic E-state index is 0. The SMILES string of the molecule is CCCCCN(CCC)CCC.Cl. The maximum atomic E-state index is 2.59. The molecule has 0 aromatic rings. The van der Waals surface area contributed by atoms with Gasteiger partial charge in [-0.3, -0.25) is 0 Å².